The monoisotopic (exact) mass is 355 g/mol. The molecule has 2 heterocycles. The molecule has 0 N–H and O–H groups in total. The van der Waals surface area contributed by atoms with Crippen molar-refractivity contribution in [2.75, 3.05) is 26.2 Å². The van der Waals surface area contributed by atoms with Gasteiger partial charge in [0, 0.05) is 51.5 Å². The Bertz CT molecular complexity index is 690. The molecular weight excluding hydrogens is 329 g/mol. The molecule has 0 aliphatic carbocycles. The van der Waals surface area contributed by atoms with Crippen molar-refractivity contribution in [3.63, 3.8) is 0 Å². The van der Waals surface area contributed by atoms with Gasteiger partial charge in [-0.2, -0.15) is 0 Å². The van der Waals surface area contributed by atoms with Crippen LogP contribution in [0.3, 0.4) is 0 Å². The van der Waals surface area contributed by atoms with Crippen LogP contribution >= 0.6 is 0 Å². The van der Waals surface area contributed by atoms with E-state index in [2.05, 4.69) is 16.0 Å². The minimum absolute atomic E-state index is 0.217. The number of benzene rings is 1. The van der Waals surface area contributed by atoms with Gasteiger partial charge in [0.1, 0.15) is 5.82 Å². The fourth-order valence-corrected chi connectivity index (χ4v) is 3.38. The summed E-state index contributed by atoms with van der Waals surface area (Å²) in [7, 11) is 0. The van der Waals surface area contributed by atoms with Gasteiger partial charge in [-0.25, -0.2) is 4.39 Å². The third kappa shape index (κ3) is 5.63. The lowest BCUT2D eigenvalue weighted by Crippen LogP contribution is -2.35. The number of amides is 1. The maximum absolute atomic E-state index is 12.9. The first-order chi connectivity index (χ1) is 12.7. The second-order valence-electron chi connectivity index (χ2n) is 6.85. The maximum Gasteiger partial charge on any atom is 0.222 e. The highest BCUT2D eigenvalue weighted by atomic mass is 19.1. The molecule has 0 bridgehead atoms. The second kappa shape index (κ2) is 9.43. The van der Waals surface area contributed by atoms with Crippen LogP contribution in [0, 0.1) is 5.82 Å². The van der Waals surface area contributed by atoms with E-state index >= 15 is 0 Å². The Morgan fingerprint density at radius 3 is 2.65 bits per heavy atom. The van der Waals surface area contributed by atoms with Gasteiger partial charge in [0.2, 0.25) is 5.91 Å². The Balaban J connectivity index is 1.41. The fourth-order valence-electron chi connectivity index (χ4n) is 3.38. The summed E-state index contributed by atoms with van der Waals surface area (Å²) in [5.41, 5.74) is 2.30. The standard InChI is InChI=1S/C21H26FN3O/c22-20-9-7-18(8-10-20)4-1-6-21(26)25-13-3-12-24(14-15-25)17-19-5-2-11-23-16-19/h2,5,7-11,16H,1,3-4,6,12-15,17H2. The summed E-state index contributed by atoms with van der Waals surface area (Å²) in [6.45, 7) is 4.42. The molecule has 0 unspecified atom stereocenters. The van der Waals surface area contributed by atoms with E-state index in [1.807, 2.05) is 17.2 Å². The molecule has 1 aliphatic rings. The van der Waals surface area contributed by atoms with Crippen LogP contribution in [0.5, 0.6) is 0 Å². The minimum atomic E-state index is -0.217. The highest BCUT2D eigenvalue weighted by molar-refractivity contribution is 5.76. The fraction of sp³-hybridized carbons (Fsp3) is 0.429. The molecule has 2 aromatic rings. The molecule has 0 atom stereocenters. The lowest BCUT2D eigenvalue weighted by molar-refractivity contribution is -0.131. The van der Waals surface area contributed by atoms with Crippen LogP contribution in [0.1, 0.15) is 30.4 Å². The molecule has 0 saturated carbocycles. The van der Waals surface area contributed by atoms with Crippen molar-refractivity contribution in [1.82, 2.24) is 14.8 Å². The molecular formula is C21H26FN3O. The number of aromatic nitrogens is 1. The Kier molecular flexibility index (Phi) is 6.72. The number of halogens is 1. The molecule has 1 aromatic carbocycles. The summed E-state index contributed by atoms with van der Waals surface area (Å²) in [5.74, 6) is 0.0144. The van der Waals surface area contributed by atoms with Crippen molar-refractivity contribution >= 4 is 5.91 Å². The first kappa shape index (κ1) is 18.5. The Hall–Kier alpha value is -2.27. The summed E-state index contributed by atoms with van der Waals surface area (Å²) < 4.78 is 12.9. The number of rotatable bonds is 6. The highest BCUT2D eigenvalue weighted by Crippen LogP contribution is 2.12. The van der Waals surface area contributed by atoms with E-state index in [0.717, 1.165) is 57.5 Å². The van der Waals surface area contributed by atoms with Gasteiger partial charge in [-0.1, -0.05) is 18.2 Å². The van der Waals surface area contributed by atoms with Gasteiger partial charge >= 0.3 is 0 Å². The Morgan fingerprint density at radius 1 is 1.04 bits per heavy atom. The van der Waals surface area contributed by atoms with Crippen LogP contribution in [0.2, 0.25) is 0 Å². The average molecular weight is 355 g/mol. The van der Waals surface area contributed by atoms with Crippen LogP contribution in [0.25, 0.3) is 0 Å². The molecule has 4 nitrogen and oxygen atoms in total. The Labute approximate surface area is 154 Å². The SMILES string of the molecule is O=C(CCCc1ccc(F)cc1)N1CCCN(Cc2cccnc2)CC1. The second-order valence-corrected chi connectivity index (χ2v) is 6.85. The molecule has 26 heavy (non-hydrogen) atoms. The average Bonchev–Trinajstić information content (AvgIpc) is 2.90. The number of aryl methyl sites for hydroxylation is 1. The van der Waals surface area contributed by atoms with Crippen molar-refractivity contribution in [3.8, 4) is 0 Å². The first-order valence-electron chi connectivity index (χ1n) is 9.34. The molecule has 1 amide bonds. The third-order valence-electron chi connectivity index (χ3n) is 4.84. The molecule has 1 fully saturated rings. The number of carbonyl (C=O) groups excluding carboxylic acids is 1. The first-order valence-corrected chi connectivity index (χ1v) is 9.34. The van der Waals surface area contributed by atoms with Crippen LogP contribution in [0.4, 0.5) is 4.39 Å². The predicted octanol–water partition coefficient (Wildman–Crippen LogP) is 3.28. The van der Waals surface area contributed by atoms with Gasteiger partial charge in [0.15, 0.2) is 0 Å². The summed E-state index contributed by atoms with van der Waals surface area (Å²) in [6, 6.07) is 10.6. The van der Waals surface area contributed by atoms with Crippen LogP contribution in [-0.2, 0) is 17.8 Å². The summed E-state index contributed by atoms with van der Waals surface area (Å²) in [4.78, 5) is 21.1. The van der Waals surface area contributed by atoms with Crippen LogP contribution in [0.15, 0.2) is 48.8 Å². The highest BCUT2D eigenvalue weighted by Gasteiger charge is 2.18. The zero-order valence-electron chi connectivity index (χ0n) is 15.1. The molecule has 1 aliphatic heterocycles. The molecule has 5 heteroatoms. The molecule has 0 spiro atoms. The number of nitrogens with zero attached hydrogens (tertiary/aromatic N) is 3. The van der Waals surface area contributed by atoms with Crippen molar-refractivity contribution in [2.45, 2.75) is 32.2 Å². The lowest BCUT2D eigenvalue weighted by Gasteiger charge is -2.22. The topological polar surface area (TPSA) is 36.4 Å². The smallest absolute Gasteiger partial charge is 0.222 e. The quantitative estimate of drug-likeness (QED) is 0.798. The maximum atomic E-state index is 12.9. The van der Waals surface area contributed by atoms with Gasteiger partial charge in [0.25, 0.3) is 0 Å². The van der Waals surface area contributed by atoms with Gasteiger partial charge in [-0.05, 0) is 48.6 Å². The third-order valence-corrected chi connectivity index (χ3v) is 4.84. The summed E-state index contributed by atoms with van der Waals surface area (Å²) >= 11 is 0. The van der Waals surface area contributed by atoms with E-state index < -0.39 is 0 Å². The summed E-state index contributed by atoms with van der Waals surface area (Å²) in [6.07, 6.45) is 6.87. The van der Waals surface area contributed by atoms with Crippen molar-refractivity contribution in [3.05, 3.63) is 65.7 Å². The number of hydrogen-bond acceptors (Lipinski definition) is 3. The van der Waals surface area contributed by atoms with Crippen molar-refractivity contribution < 1.29 is 9.18 Å². The van der Waals surface area contributed by atoms with Gasteiger partial charge in [0.05, 0.1) is 0 Å². The van der Waals surface area contributed by atoms with E-state index in [1.54, 1.807) is 18.3 Å². The molecule has 1 aromatic heterocycles. The van der Waals surface area contributed by atoms with E-state index in [9.17, 15) is 9.18 Å². The van der Waals surface area contributed by atoms with Gasteiger partial charge in [-0.3, -0.25) is 14.7 Å². The minimum Gasteiger partial charge on any atom is -0.341 e. The molecule has 3 rings (SSSR count). The number of pyridine rings is 1. The van der Waals surface area contributed by atoms with Gasteiger partial charge in [-0.15, -0.1) is 0 Å². The number of hydrogen-bond donors (Lipinski definition) is 0. The zero-order valence-corrected chi connectivity index (χ0v) is 15.1. The normalized spacial score (nSPS) is 15.7. The number of carbonyl (C=O) groups is 1. The van der Waals surface area contributed by atoms with Crippen LogP contribution < -0.4 is 0 Å². The van der Waals surface area contributed by atoms with E-state index in [4.69, 9.17) is 0 Å². The van der Waals surface area contributed by atoms with E-state index in [0.29, 0.717) is 6.42 Å². The molecule has 138 valence electrons. The predicted molar refractivity (Wildman–Crippen MR) is 100 cm³/mol. The lowest BCUT2D eigenvalue weighted by atomic mass is 10.1. The van der Waals surface area contributed by atoms with E-state index in [1.165, 1.54) is 17.7 Å². The van der Waals surface area contributed by atoms with Crippen LogP contribution in [-0.4, -0.2) is 46.9 Å². The Morgan fingerprint density at radius 2 is 1.88 bits per heavy atom. The summed E-state index contributed by atoms with van der Waals surface area (Å²) in [5, 5.41) is 0. The largest absolute Gasteiger partial charge is 0.341 e. The van der Waals surface area contributed by atoms with Crippen molar-refractivity contribution in [1.29, 1.82) is 0 Å². The van der Waals surface area contributed by atoms with E-state index in [-0.39, 0.29) is 11.7 Å². The van der Waals surface area contributed by atoms with Crippen molar-refractivity contribution in [2.24, 2.45) is 0 Å². The molecule has 1 saturated heterocycles. The van der Waals surface area contributed by atoms with Gasteiger partial charge < -0.3 is 4.90 Å². The molecule has 0 radical (unpaired) electrons. The zero-order chi connectivity index (χ0) is 18.2.